The molecule has 0 aliphatic rings. The summed E-state index contributed by atoms with van der Waals surface area (Å²) in [4.78, 5) is 11.3. The van der Waals surface area contributed by atoms with Crippen molar-refractivity contribution in [2.75, 3.05) is 0 Å². The molecule has 3 nitrogen and oxygen atoms in total. The fourth-order valence-corrected chi connectivity index (χ4v) is 1.32. The van der Waals surface area contributed by atoms with E-state index in [0.717, 1.165) is 0 Å². The monoisotopic (exact) mass is 190 g/mol. The van der Waals surface area contributed by atoms with E-state index in [1.807, 2.05) is 18.2 Å². The van der Waals surface area contributed by atoms with E-state index in [9.17, 15) is 4.79 Å². The maximum Gasteiger partial charge on any atom is 0.242 e. The smallest absolute Gasteiger partial charge is 0.242 e. The van der Waals surface area contributed by atoms with Gasteiger partial charge >= 0.3 is 0 Å². The third kappa shape index (κ3) is 1.83. The summed E-state index contributed by atoms with van der Waals surface area (Å²) < 4.78 is 0. The van der Waals surface area contributed by atoms with Crippen LogP contribution in [-0.4, -0.2) is 5.91 Å². The van der Waals surface area contributed by atoms with Crippen LogP contribution in [0.1, 0.15) is 12.0 Å². The SMILES string of the molecule is C=CC[C@](N)(C(N)=O)c1ccccc1. The molecule has 0 aliphatic heterocycles. The second-order valence-corrected chi connectivity index (χ2v) is 3.19. The molecule has 0 saturated carbocycles. The Hall–Kier alpha value is -1.61. The summed E-state index contributed by atoms with van der Waals surface area (Å²) in [6.07, 6.45) is 1.93. The summed E-state index contributed by atoms with van der Waals surface area (Å²) in [6.45, 7) is 3.57. The zero-order valence-electron chi connectivity index (χ0n) is 7.94. The van der Waals surface area contributed by atoms with Crippen molar-refractivity contribution in [1.82, 2.24) is 0 Å². The van der Waals surface area contributed by atoms with Gasteiger partial charge in [0.2, 0.25) is 5.91 Å². The van der Waals surface area contributed by atoms with E-state index >= 15 is 0 Å². The van der Waals surface area contributed by atoms with E-state index in [0.29, 0.717) is 12.0 Å². The Morgan fingerprint density at radius 2 is 2.00 bits per heavy atom. The van der Waals surface area contributed by atoms with Crippen LogP contribution in [0.5, 0.6) is 0 Å². The number of carbonyl (C=O) groups is 1. The summed E-state index contributed by atoms with van der Waals surface area (Å²) in [7, 11) is 0. The Balaban J connectivity index is 3.12. The topological polar surface area (TPSA) is 69.1 Å². The van der Waals surface area contributed by atoms with E-state index in [4.69, 9.17) is 11.5 Å². The van der Waals surface area contributed by atoms with Crippen molar-refractivity contribution >= 4 is 5.91 Å². The number of nitrogens with two attached hydrogens (primary N) is 2. The summed E-state index contributed by atoms with van der Waals surface area (Å²) in [5.41, 5.74) is 10.8. The molecule has 4 N–H and O–H groups in total. The van der Waals surface area contributed by atoms with Crippen molar-refractivity contribution in [3.05, 3.63) is 48.6 Å². The van der Waals surface area contributed by atoms with Gasteiger partial charge < -0.3 is 11.5 Å². The number of hydrogen-bond donors (Lipinski definition) is 2. The number of rotatable bonds is 4. The molecule has 1 amide bonds. The van der Waals surface area contributed by atoms with Gasteiger partial charge in [-0.1, -0.05) is 36.4 Å². The van der Waals surface area contributed by atoms with Crippen LogP contribution >= 0.6 is 0 Å². The van der Waals surface area contributed by atoms with Crippen LogP contribution in [0.3, 0.4) is 0 Å². The minimum Gasteiger partial charge on any atom is -0.368 e. The van der Waals surface area contributed by atoms with E-state index in [2.05, 4.69) is 6.58 Å². The molecular weight excluding hydrogens is 176 g/mol. The van der Waals surface area contributed by atoms with E-state index in [1.165, 1.54) is 0 Å². The average molecular weight is 190 g/mol. The lowest BCUT2D eigenvalue weighted by Gasteiger charge is -2.24. The van der Waals surface area contributed by atoms with Gasteiger partial charge in [-0.25, -0.2) is 0 Å². The molecule has 0 fully saturated rings. The third-order valence-corrected chi connectivity index (χ3v) is 2.19. The Kier molecular flexibility index (Phi) is 3.04. The summed E-state index contributed by atoms with van der Waals surface area (Å²) in [5.74, 6) is -0.538. The number of hydrogen-bond acceptors (Lipinski definition) is 2. The maximum absolute atomic E-state index is 11.3. The van der Waals surface area contributed by atoms with Gasteiger partial charge in [0.05, 0.1) is 0 Å². The quantitative estimate of drug-likeness (QED) is 0.692. The Labute approximate surface area is 83.4 Å². The van der Waals surface area contributed by atoms with Crippen LogP contribution in [-0.2, 0) is 10.3 Å². The highest BCUT2D eigenvalue weighted by Gasteiger charge is 2.32. The first-order chi connectivity index (χ1) is 6.61. The van der Waals surface area contributed by atoms with Crippen LogP contribution in [0.2, 0.25) is 0 Å². The lowest BCUT2D eigenvalue weighted by molar-refractivity contribution is -0.123. The predicted octanol–water partition coefficient (Wildman–Crippen LogP) is 0.902. The first-order valence-corrected chi connectivity index (χ1v) is 4.36. The van der Waals surface area contributed by atoms with Crippen LogP contribution in [0.15, 0.2) is 43.0 Å². The molecular formula is C11H14N2O. The van der Waals surface area contributed by atoms with Gasteiger partial charge in [-0.2, -0.15) is 0 Å². The van der Waals surface area contributed by atoms with Gasteiger partial charge in [-0.05, 0) is 12.0 Å². The third-order valence-electron chi connectivity index (χ3n) is 2.19. The number of primary amides is 1. The summed E-state index contributed by atoms with van der Waals surface area (Å²) in [6, 6.07) is 9.08. The van der Waals surface area contributed by atoms with Crippen molar-refractivity contribution < 1.29 is 4.79 Å². The average Bonchev–Trinajstić information content (AvgIpc) is 2.19. The van der Waals surface area contributed by atoms with Crippen LogP contribution < -0.4 is 11.5 Å². The normalized spacial score (nSPS) is 14.4. The molecule has 0 unspecified atom stereocenters. The molecule has 0 radical (unpaired) electrons. The fraction of sp³-hybridized carbons (Fsp3) is 0.182. The first-order valence-electron chi connectivity index (χ1n) is 4.36. The van der Waals surface area contributed by atoms with Crippen molar-refractivity contribution in [3.63, 3.8) is 0 Å². The molecule has 0 heterocycles. The predicted molar refractivity (Wildman–Crippen MR) is 56.3 cm³/mol. The molecule has 0 spiro atoms. The fourth-order valence-electron chi connectivity index (χ4n) is 1.32. The maximum atomic E-state index is 11.3. The lowest BCUT2D eigenvalue weighted by atomic mass is 9.87. The summed E-state index contributed by atoms with van der Waals surface area (Å²) in [5, 5.41) is 0. The van der Waals surface area contributed by atoms with Crippen molar-refractivity contribution in [2.45, 2.75) is 12.0 Å². The van der Waals surface area contributed by atoms with Crippen LogP contribution in [0.25, 0.3) is 0 Å². The Morgan fingerprint density at radius 3 is 2.43 bits per heavy atom. The van der Waals surface area contributed by atoms with Gasteiger partial charge in [0.1, 0.15) is 5.54 Å². The minimum atomic E-state index is -1.14. The molecule has 0 aromatic heterocycles. The van der Waals surface area contributed by atoms with Gasteiger partial charge in [-0.15, -0.1) is 6.58 Å². The van der Waals surface area contributed by atoms with Gasteiger partial charge in [-0.3, -0.25) is 4.79 Å². The van der Waals surface area contributed by atoms with Gasteiger partial charge in [0.25, 0.3) is 0 Å². The highest BCUT2D eigenvalue weighted by Crippen LogP contribution is 2.21. The van der Waals surface area contributed by atoms with E-state index in [1.54, 1.807) is 18.2 Å². The second-order valence-electron chi connectivity index (χ2n) is 3.19. The Morgan fingerprint density at radius 1 is 1.43 bits per heavy atom. The molecule has 74 valence electrons. The molecule has 1 rings (SSSR count). The Bertz CT molecular complexity index is 334. The molecule has 1 atom stereocenters. The van der Waals surface area contributed by atoms with E-state index in [-0.39, 0.29) is 0 Å². The van der Waals surface area contributed by atoms with Gasteiger partial charge in [0, 0.05) is 0 Å². The van der Waals surface area contributed by atoms with Gasteiger partial charge in [0.15, 0.2) is 0 Å². The van der Waals surface area contributed by atoms with Crippen molar-refractivity contribution in [1.29, 1.82) is 0 Å². The summed E-state index contributed by atoms with van der Waals surface area (Å²) >= 11 is 0. The molecule has 1 aromatic carbocycles. The molecule has 3 heteroatoms. The number of carbonyl (C=O) groups excluding carboxylic acids is 1. The molecule has 14 heavy (non-hydrogen) atoms. The second kappa shape index (κ2) is 4.07. The van der Waals surface area contributed by atoms with E-state index < -0.39 is 11.4 Å². The lowest BCUT2D eigenvalue weighted by Crippen LogP contribution is -2.48. The van der Waals surface area contributed by atoms with Crippen molar-refractivity contribution in [2.24, 2.45) is 11.5 Å². The van der Waals surface area contributed by atoms with Crippen LogP contribution in [0.4, 0.5) is 0 Å². The minimum absolute atomic E-state index is 0.340. The zero-order valence-corrected chi connectivity index (χ0v) is 7.94. The molecule has 0 saturated heterocycles. The zero-order chi connectivity index (χ0) is 10.6. The molecule has 0 aliphatic carbocycles. The highest BCUT2D eigenvalue weighted by molar-refractivity contribution is 5.86. The van der Waals surface area contributed by atoms with Crippen molar-refractivity contribution in [3.8, 4) is 0 Å². The molecule has 0 bridgehead atoms. The largest absolute Gasteiger partial charge is 0.368 e. The van der Waals surface area contributed by atoms with Crippen LogP contribution in [0, 0.1) is 0 Å². The number of benzene rings is 1. The highest BCUT2D eigenvalue weighted by atomic mass is 16.1. The first kappa shape index (κ1) is 10.5. The molecule has 1 aromatic rings. The number of amides is 1. The standard InChI is InChI=1S/C11H14N2O/c1-2-8-11(13,10(12)14)9-6-4-3-5-7-9/h2-7H,1,8,13H2,(H2,12,14)/t11-/m1/s1.